The Balaban J connectivity index is 0.000000135. The van der Waals surface area contributed by atoms with Crippen LogP contribution >= 0.6 is 50.2 Å². The Morgan fingerprint density at radius 3 is 1.81 bits per heavy atom. The summed E-state index contributed by atoms with van der Waals surface area (Å²) < 4.78 is 18.6. The van der Waals surface area contributed by atoms with Crippen LogP contribution in [0.3, 0.4) is 0 Å². The Morgan fingerprint density at radius 2 is 1.19 bits per heavy atom. The van der Waals surface area contributed by atoms with E-state index in [2.05, 4.69) is 108 Å². The van der Waals surface area contributed by atoms with Crippen molar-refractivity contribution in [2.45, 2.75) is 38.9 Å². The number of nitrogens with zero attached hydrogens (tertiary/aromatic N) is 2. The number of thiophene rings is 2. The number of aromatic nitrogens is 2. The Labute approximate surface area is 335 Å². The van der Waals surface area contributed by atoms with Crippen molar-refractivity contribution in [3.8, 4) is 0 Å². The molecule has 0 aliphatic carbocycles. The number of rotatable bonds is 2. The molecular formula is C42H31B2BrClN2O4S2-. The highest BCUT2D eigenvalue weighted by molar-refractivity contribution is 9.10. The summed E-state index contributed by atoms with van der Waals surface area (Å²) in [4.78, 5) is 31.2. The first-order chi connectivity index (χ1) is 25.5. The van der Waals surface area contributed by atoms with Gasteiger partial charge in [0.1, 0.15) is 5.15 Å². The summed E-state index contributed by atoms with van der Waals surface area (Å²) in [6.07, 6.45) is 3.97. The quantitative estimate of drug-likeness (QED) is 0.0981. The number of carbonyl (C=O) groups excluding carboxylic acids is 1. The van der Waals surface area contributed by atoms with Gasteiger partial charge in [-0.1, -0.05) is 70.0 Å². The fourth-order valence-electron chi connectivity index (χ4n) is 6.71. The fourth-order valence-corrected chi connectivity index (χ4v) is 9.89. The maximum atomic E-state index is 12.9. The summed E-state index contributed by atoms with van der Waals surface area (Å²) >= 11 is 12.7. The molecule has 4 aromatic heterocycles. The van der Waals surface area contributed by atoms with Gasteiger partial charge in [-0.15, -0.1) is 22.7 Å². The summed E-state index contributed by atoms with van der Waals surface area (Å²) in [6.45, 7) is 8.37. The van der Waals surface area contributed by atoms with Gasteiger partial charge in [0.2, 0.25) is 0 Å². The lowest BCUT2D eigenvalue weighted by atomic mass is 9.76. The van der Waals surface area contributed by atoms with Crippen molar-refractivity contribution >= 4 is 140 Å². The van der Waals surface area contributed by atoms with E-state index in [4.69, 9.17) is 20.9 Å². The summed E-state index contributed by atoms with van der Waals surface area (Å²) in [6, 6.07) is 31.9. The Bertz CT molecular complexity index is 2900. The van der Waals surface area contributed by atoms with Gasteiger partial charge >= 0.3 is 7.12 Å². The third kappa shape index (κ3) is 6.51. The molecule has 5 heterocycles. The average Bonchev–Trinajstić information content (AvgIpc) is 3.78. The zero-order valence-electron chi connectivity index (χ0n) is 29.7. The molecule has 1 aliphatic heterocycles. The van der Waals surface area contributed by atoms with E-state index in [0.29, 0.717) is 17.2 Å². The molecule has 0 N–H and O–H groups in total. The van der Waals surface area contributed by atoms with Gasteiger partial charge in [0.25, 0.3) is 0 Å². The first kappa shape index (κ1) is 38.1. The molecule has 12 heteroatoms. The van der Waals surface area contributed by atoms with E-state index in [1.54, 1.807) is 29.7 Å². The van der Waals surface area contributed by atoms with E-state index < -0.39 is 0 Å². The molecule has 0 amide bonds. The van der Waals surface area contributed by atoms with Crippen LogP contribution in [0.1, 0.15) is 38.1 Å². The minimum absolute atomic E-state index is 0. The molecule has 0 bridgehead atoms. The second-order valence-corrected chi connectivity index (χ2v) is 17.1. The SMILES string of the molecule is CC1(C)OB(c2cccc3sc4cccc(Br)c4c23)OC1(C)C.O=Cc1cccnc1Cl.O=c1c2cccnc2c2cccc3sc4cccc1c4c32.[B-]. The normalized spacial score (nSPS) is 14.6. The highest BCUT2D eigenvalue weighted by atomic mass is 79.9. The molecule has 6 nitrogen and oxygen atoms in total. The zero-order chi connectivity index (χ0) is 37.1. The van der Waals surface area contributed by atoms with Crippen molar-refractivity contribution in [1.29, 1.82) is 0 Å². The summed E-state index contributed by atoms with van der Waals surface area (Å²) in [7, 11) is -0.339. The third-order valence-corrected chi connectivity index (χ3v) is 13.2. The number of hydrogen-bond donors (Lipinski definition) is 0. The van der Waals surface area contributed by atoms with Crippen molar-refractivity contribution in [2.75, 3.05) is 0 Å². The molecule has 0 unspecified atom stereocenters. The maximum absolute atomic E-state index is 12.9. The molecule has 9 aromatic rings. The standard InChI is InChI=1S/C18H18BBrO2S.C18H9NOS.C6H4ClNO.B/c1-17(2)18(3,4)22-19(21-17)11-7-5-9-13-15(11)16-12(20)8-6-10-14(16)23-13;20-18-11-5-2-8-14-16(11)15-10(4-1-7-13(15)21-14)17-12(18)6-3-9-19-17;7-6-5(4-9)2-1-3-8-6;/h5-10H,1-4H3;1-9H;1-4H;/q;;;-1. The van der Waals surface area contributed by atoms with Gasteiger partial charge in [0.05, 0.1) is 22.3 Å². The Hall–Kier alpha value is -4.22. The van der Waals surface area contributed by atoms with Crippen molar-refractivity contribution in [3.05, 3.63) is 135 Å². The van der Waals surface area contributed by atoms with Gasteiger partial charge in [0, 0.05) is 73.4 Å². The van der Waals surface area contributed by atoms with Crippen molar-refractivity contribution in [3.63, 3.8) is 0 Å². The summed E-state index contributed by atoms with van der Waals surface area (Å²) in [5, 5.41) is 7.53. The number of fused-ring (bicyclic) bond motifs is 5. The van der Waals surface area contributed by atoms with Crippen LogP contribution in [-0.2, 0) is 9.31 Å². The van der Waals surface area contributed by atoms with Gasteiger partial charge in [-0.2, -0.15) is 0 Å². The highest BCUT2D eigenvalue weighted by Crippen LogP contribution is 2.42. The first-order valence-corrected chi connectivity index (χ1v) is 19.7. The monoisotopic (exact) mass is 827 g/mol. The second kappa shape index (κ2) is 14.8. The molecule has 1 aliphatic rings. The van der Waals surface area contributed by atoms with E-state index in [9.17, 15) is 9.59 Å². The molecule has 1 saturated heterocycles. The van der Waals surface area contributed by atoms with Crippen molar-refractivity contribution in [2.24, 2.45) is 0 Å². The predicted molar refractivity (Wildman–Crippen MR) is 233 cm³/mol. The van der Waals surface area contributed by atoms with Crippen LogP contribution in [0.25, 0.3) is 62.0 Å². The van der Waals surface area contributed by atoms with Gasteiger partial charge < -0.3 is 17.7 Å². The van der Waals surface area contributed by atoms with Crippen LogP contribution in [0.15, 0.2) is 119 Å². The zero-order valence-corrected chi connectivity index (χ0v) is 33.7. The largest absolute Gasteiger partial charge is 1.00 e. The van der Waals surface area contributed by atoms with Crippen molar-refractivity contribution in [1.82, 2.24) is 9.97 Å². The lowest BCUT2D eigenvalue weighted by molar-refractivity contribution is 0.00578. The molecule has 4 radical (unpaired) electrons. The number of halogens is 2. The van der Waals surface area contributed by atoms with Crippen LogP contribution in [0, 0.1) is 0 Å². The molecule has 54 heavy (non-hydrogen) atoms. The maximum Gasteiger partial charge on any atom is 0.495 e. The molecular weight excluding hydrogens is 798 g/mol. The number of carbonyl (C=O) groups is 1. The number of pyridine rings is 2. The highest BCUT2D eigenvalue weighted by Gasteiger charge is 2.52. The molecule has 0 saturated carbocycles. The lowest BCUT2D eigenvalue weighted by Gasteiger charge is -2.32. The van der Waals surface area contributed by atoms with Gasteiger partial charge in [-0.3, -0.25) is 14.6 Å². The third-order valence-electron chi connectivity index (χ3n) is 10.0. The van der Waals surface area contributed by atoms with Gasteiger partial charge in [-0.25, -0.2) is 4.98 Å². The number of benzene rings is 4. The molecule has 5 aromatic carbocycles. The lowest BCUT2D eigenvalue weighted by Crippen LogP contribution is -2.41. The van der Waals surface area contributed by atoms with E-state index in [1.807, 2.05) is 41.7 Å². The number of aldehydes is 1. The van der Waals surface area contributed by atoms with Crippen LogP contribution in [0.4, 0.5) is 0 Å². The smallest absolute Gasteiger partial charge is 0.495 e. The predicted octanol–water partition coefficient (Wildman–Crippen LogP) is 10.8. The molecule has 0 atom stereocenters. The number of hydrogen-bond acceptors (Lipinski definition) is 8. The minimum atomic E-state index is -0.339. The Morgan fingerprint density at radius 1 is 0.667 bits per heavy atom. The average molecular weight is 829 g/mol. The molecule has 266 valence electrons. The van der Waals surface area contributed by atoms with Crippen LogP contribution < -0.4 is 10.9 Å². The topological polar surface area (TPSA) is 78.4 Å². The van der Waals surface area contributed by atoms with Crippen LogP contribution in [0.5, 0.6) is 0 Å². The Kier molecular flexibility index (Phi) is 10.4. The van der Waals surface area contributed by atoms with E-state index >= 15 is 0 Å². The van der Waals surface area contributed by atoms with E-state index in [0.717, 1.165) is 36.3 Å². The first-order valence-electron chi connectivity index (χ1n) is 16.9. The molecule has 1 fully saturated rings. The summed E-state index contributed by atoms with van der Waals surface area (Å²) in [5.41, 5.74) is 1.74. The molecule has 0 spiro atoms. The fraction of sp³-hybridized carbons (Fsp3) is 0.143. The summed E-state index contributed by atoms with van der Waals surface area (Å²) in [5.74, 6) is 0. The minimum Gasteiger partial charge on any atom is -1.00 e. The van der Waals surface area contributed by atoms with Gasteiger partial charge in [0.15, 0.2) is 11.7 Å². The van der Waals surface area contributed by atoms with Gasteiger partial charge in [-0.05, 0) is 87.8 Å². The van der Waals surface area contributed by atoms with Crippen LogP contribution in [-0.4, -0.2) is 43.0 Å². The van der Waals surface area contributed by atoms with Crippen molar-refractivity contribution < 1.29 is 14.1 Å². The second-order valence-electron chi connectivity index (χ2n) is 13.7. The molecule has 10 rings (SSSR count). The van der Waals surface area contributed by atoms with Crippen LogP contribution in [0.2, 0.25) is 5.15 Å². The van der Waals surface area contributed by atoms with E-state index in [1.165, 1.54) is 36.5 Å². The van der Waals surface area contributed by atoms with E-state index in [-0.39, 0.29) is 37.3 Å².